The van der Waals surface area contributed by atoms with Crippen molar-refractivity contribution in [2.45, 2.75) is 25.2 Å². The van der Waals surface area contributed by atoms with Gasteiger partial charge >= 0.3 is 0 Å². The van der Waals surface area contributed by atoms with Gasteiger partial charge in [0.1, 0.15) is 11.3 Å². The first-order chi connectivity index (χ1) is 10.7. The molecule has 0 spiro atoms. The van der Waals surface area contributed by atoms with E-state index >= 15 is 0 Å². The van der Waals surface area contributed by atoms with E-state index in [1.165, 1.54) is 12.8 Å². The average Bonchev–Trinajstić information content (AvgIpc) is 3.04. The summed E-state index contributed by atoms with van der Waals surface area (Å²) in [6, 6.07) is 0. The summed E-state index contributed by atoms with van der Waals surface area (Å²) >= 11 is 0. The molecule has 5 N–H and O–H groups in total. The van der Waals surface area contributed by atoms with Crippen molar-refractivity contribution in [2.24, 2.45) is 11.8 Å². The van der Waals surface area contributed by atoms with Crippen molar-refractivity contribution in [1.82, 2.24) is 19.9 Å². The molecule has 2 aliphatic carbocycles. The number of H-pyrrole nitrogens is 1. The molecule has 2 aromatic heterocycles. The predicted molar refractivity (Wildman–Crippen MR) is 84.4 cm³/mol. The second-order valence-electron chi connectivity index (χ2n) is 6.25. The Hall–Kier alpha value is -2.15. The van der Waals surface area contributed by atoms with E-state index in [0.29, 0.717) is 5.65 Å². The largest absolute Gasteiger partial charge is 0.396 e. The van der Waals surface area contributed by atoms with E-state index in [1.54, 1.807) is 0 Å². The first-order valence-electron chi connectivity index (χ1n) is 7.79. The number of anilines is 2. The maximum absolute atomic E-state index is 9.25. The van der Waals surface area contributed by atoms with E-state index in [2.05, 4.69) is 31.3 Å². The molecular weight excluding hydrogens is 280 g/mol. The van der Waals surface area contributed by atoms with Gasteiger partial charge in [0.05, 0.1) is 0 Å². The normalized spacial score (nSPS) is 24.2. The number of hydrogen-bond donors (Lipinski definition) is 4. The summed E-state index contributed by atoms with van der Waals surface area (Å²) in [5.41, 5.74) is 7.20. The Bertz CT molecular complexity index is 720. The van der Waals surface area contributed by atoms with Gasteiger partial charge in [-0.1, -0.05) is 12.2 Å². The monoisotopic (exact) mass is 300 g/mol. The number of hydrogen-bond acceptors (Lipinski definition) is 6. The van der Waals surface area contributed by atoms with Crippen LogP contribution in [0.15, 0.2) is 12.2 Å². The highest BCUT2D eigenvalue weighted by Crippen LogP contribution is 2.33. The molecule has 0 aliphatic heterocycles. The minimum Gasteiger partial charge on any atom is -0.396 e. The molecule has 1 fully saturated rings. The molecule has 2 atom stereocenters. The number of nitrogens with zero attached hydrogens (tertiary/aromatic N) is 3. The average molecular weight is 300 g/mol. The lowest BCUT2D eigenvalue weighted by atomic mass is 10.0. The van der Waals surface area contributed by atoms with Crippen LogP contribution in [0.4, 0.5) is 11.8 Å². The summed E-state index contributed by atoms with van der Waals surface area (Å²) in [5.74, 6) is 2.96. The number of nitrogen functional groups attached to an aromatic ring is 1. The van der Waals surface area contributed by atoms with Crippen LogP contribution in [0.5, 0.6) is 0 Å². The summed E-state index contributed by atoms with van der Waals surface area (Å²) < 4.78 is 0. The molecule has 0 unspecified atom stereocenters. The standard InChI is InChI=1S/C15H20N6O/c16-15-20-13(17-6-8-1-2-8)11-14(21-15)19-12(18-11)10-4-3-9(5-10)7-22/h3-4,8-10,22H,1-2,5-7H2,(H4,16,17,18,19,20,21)/t9-,10+/m0/s1. The van der Waals surface area contributed by atoms with Crippen molar-refractivity contribution in [2.75, 3.05) is 24.2 Å². The van der Waals surface area contributed by atoms with Crippen LogP contribution in [0.3, 0.4) is 0 Å². The van der Waals surface area contributed by atoms with E-state index in [0.717, 1.165) is 36.0 Å². The fraction of sp³-hybridized carbons (Fsp3) is 0.533. The van der Waals surface area contributed by atoms with Crippen molar-refractivity contribution in [3.63, 3.8) is 0 Å². The zero-order valence-corrected chi connectivity index (χ0v) is 12.3. The van der Waals surface area contributed by atoms with Crippen LogP contribution in [-0.2, 0) is 0 Å². The van der Waals surface area contributed by atoms with Gasteiger partial charge in [0.2, 0.25) is 5.95 Å². The molecule has 2 heterocycles. The summed E-state index contributed by atoms with van der Waals surface area (Å²) in [6.45, 7) is 1.09. The van der Waals surface area contributed by atoms with E-state index in [1.807, 2.05) is 6.08 Å². The molecule has 7 heteroatoms. The molecule has 0 saturated heterocycles. The Morgan fingerprint density at radius 1 is 1.27 bits per heavy atom. The van der Waals surface area contributed by atoms with Crippen LogP contribution < -0.4 is 11.1 Å². The van der Waals surface area contributed by atoms with Gasteiger partial charge in [0, 0.05) is 25.0 Å². The number of aromatic nitrogens is 4. The number of fused-ring (bicyclic) bond motifs is 1. The number of allylic oxidation sites excluding steroid dienone is 1. The maximum Gasteiger partial charge on any atom is 0.224 e. The zero-order chi connectivity index (χ0) is 15.1. The number of imidazole rings is 1. The lowest BCUT2D eigenvalue weighted by Gasteiger charge is -2.07. The van der Waals surface area contributed by atoms with E-state index in [-0.39, 0.29) is 24.4 Å². The smallest absolute Gasteiger partial charge is 0.224 e. The van der Waals surface area contributed by atoms with Crippen LogP contribution in [0.2, 0.25) is 0 Å². The molecule has 1 saturated carbocycles. The van der Waals surface area contributed by atoms with Crippen molar-refractivity contribution in [1.29, 1.82) is 0 Å². The molecule has 2 aromatic rings. The van der Waals surface area contributed by atoms with E-state index in [4.69, 9.17) is 5.73 Å². The molecular formula is C15H20N6O. The number of rotatable bonds is 5. The molecule has 2 aliphatic rings. The number of nitrogens with two attached hydrogens (primary N) is 1. The fourth-order valence-electron chi connectivity index (χ4n) is 2.91. The minimum atomic E-state index is 0.175. The maximum atomic E-state index is 9.25. The van der Waals surface area contributed by atoms with Crippen molar-refractivity contribution in [3.8, 4) is 0 Å². The summed E-state index contributed by atoms with van der Waals surface area (Å²) in [5, 5.41) is 12.6. The minimum absolute atomic E-state index is 0.175. The Labute approximate surface area is 128 Å². The first kappa shape index (κ1) is 13.5. The molecule has 4 rings (SSSR count). The molecule has 0 radical (unpaired) electrons. The van der Waals surface area contributed by atoms with E-state index in [9.17, 15) is 5.11 Å². The fourth-order valence-corrected chi connectivity index (χ4v) is 2.91. The highest BCUT2D eigenvalue weighted by molar-refractivity contribution is 5.84. The van der Waals surface area contributed by atoms with Gasteiger partial charge in [0.15, 0.2) is 11.5 Å². The van der Waals surface area contributed by atoms with E-state index < -0.39 is 0 Å². The third kappa shape index (κ3) is 2.52. The number of nitrogens with one attached hydrogen (secondary N) is 2. The zero-order valence-electron chi connectivity index (χ0n) is 12.3. The van der Waals surface area contributed by atoms with Crippen LogP contribution >= 0.6 is 0 Å². The predicted octanol–water partition coefficient (Wildman–Crippen LogP) is 1.41. The first-order valence-corrected chi connectivity index (χ1v) is 7.79. The second kappa shape index (κ2) is 5.24. The quantitative estimate of drug-likeness (QED) is 0.621. The Balaban J connectivity index is 1.64. The summed E-state index contributed by atoms with van der Waals surface area (Å²) in [7, 11) is 0. The third-order valence-electron chi connectivity index (χ3n) is 4.40. The molecule has 7 nitrogen and oxygen atoms in total. The topological polar surface area (TPSA) is 113 Å². The van der Waals surface area contributed by atoms with Crippen LogP contribution in [0, 0.1) is 11.8 Å². The Kier molecular flexibility index (Phi) is 3.22. The van der Waals surface area contributed by atoms with Crippen molar-refractivity contribution >= 4 is 22.9 Å². The van der Waals surface area contributed by atoms with Gasteiger partial charge in [0.25, 0.3) is 0 Å². The van der Waals surface area contributed by atoms with Crippen molar-refractivity contribution in [3.05, 3.63) is 18.0 Å². The highest BCUT2D eigenvalue weighted by Gasteiger charge is 2.25. The number of aliphatic hydroxyl groups is 1. The van der Waals surface area contributed by atoms with Gasteiger partial charge < -0.3 is 21.1 Å². The Morgan fingerprint density at radius 2 is 2.14 bits per heavy atom. The highest BCUT2D eigenvalue weighted by atomic mass is 16.3. The lowest BCUT2D eigenvalue weighted by Crippen LogP contribution is -2.07. The van der Waals surface area contributed by atoms with Gasteiger partial charge in [-0.3, -0.25) is 0 Å². The molecule has 0 amide bonds. The SMILES string of the molecule is Nc1nc(NCC2CC2)c2[nH]c([C@@H]3C=C[C@H](CO)C3)nc2n1. The third-order valence-corrected chi connectivity index (χ3v) is 4.40. The van der Waals surface area contributed by atoms with Gasteiger partial charge in [-0.05, 0) is 25.2 Å². The summed E-state index contributed by atoms with van der Waals surface area (Å²) in [4.78, 5) is 16.4. The van der Waals surface area contributed by atoms with Gasteiger partial charge in [-0.2, -0.15) is 9.97 Å². The summed E-state index contributed by atoms with van der Waals surface area (Å²) in [6.07, 6.45) is 7.56. The second-order valence-corrected chi connectivity index (χ2v) is 6.25. The molecule has 22 heavy (non-hydrogen) atoms. The van der Waals surface area contributed by atoms with Crippen molar-refractivity contribution < 1.29 is 5.11 Å². The lowest BCUT2D eigenvalue weighted by molar-refractivity contribution is 0.248. The number of aliphatic hydroxyl groups excluding tert-OH is 1. The van der Waals surface area contributed by atoms with Gasteiger partial charge in [-0.25, -0.2) is 4.98 Å². The van der Waals surface area contributed by atoms with Crippen LogP contribution in [-0.4, -0.2) is 38.2 Å². The van der Waals surface area contributed by atoms with Crippen LogP contribution in [0.25, 0.3) is 11.2 Å². The number of aromatic amines is 1. The van der Waals surface area contributed by atoms with Gasteiger partial charge in [-0.15, -0.1) is 0 Å². The Morgan fingerprint density at radius 3 is 2.86 bits per heavy atom. The molecule has 0 bridgehead atoms. The van der Waals surface area contributed by atoms with Crippen LogP contribution in [0.1, 0.15) is 31.0 Å². The molecule has 116 valence electrons. The molecule has 0 aromatic carbocycles.